The van der Waals surface area contributed by atoms with E-state index in [2.05, 4.69) is 9.40 Å². The van der Waals surface area contributed by atoms with Gasteiger partial charge >= 0.3 is 5.76 Å². The molecular weight excluding hydrogens is 187 g/mol. The SMILES string of the molecule is O=c1[nH][13c]2[13cH][13c](Cl)[13c](O)[13cH][13c]2o1. The minimum Gasteiger partial charge on any atom is -0.506 e. The molecule has 2 N–H and O–H groups in total. The van der Waals surface area contributed by atoms with Gasteiger partial charge < -0.3 is 9.52 Å². The molecule has 1 aromatic heterocycles. The third kappa shape index (κ3) is 0.967. The summed E-state index contributed by atoms with van der Waals surface area (Å²) in [4.78, 5) is 13.1. The lowest BCUT2D eigenvalue weighted by Crippen LogP contribution is -1.92. The number of aromatic nitrogens is 1. The quantitative estimate of drug-likeness (QED) is 0.663. The molecule has 5 heteroatoms. The molecule has 62 valence electrons. The zero-order chi connectivity index (χ0) is 8.72. The van der Waals surface area contributed by atoms with Gasteiger partial charge in [-0.1, -0.05) is 11.6 Å². The smallest absolute Gasteiger partial charge is 0.417 e. The Morgan fingerprint density at radius 2 is 2.25 bits per heavy atom. The zero-order valence-electron chi connectivity index (χ0n) is 5.80. The van der Waals surface area contributed by atoms with E-state index in [9.17, 15) is 4.79 Å². The Kier molecular flexibility index (Phi) is 1.38. The third-order valence-electron chi connectivity index (χ3n) is 1.49. The van der Waals surface area contributed by atoms with E-state index in [1.54, 1.807) is 0 Å². The van der Waals surface area contributed by atoms with Crippen molar-refractivity contribution in [3.05, 3.63) is 27.7 Å². The lowest BCUT2D eigenvalue weighted by Gasteiger charge is -1.93. The third-order valence-corrected chi connectivity index (χ3v) is 1.79. The van der Waals surface area contributed by atoms with Crippen LogP contribution >= 0.6 is 11.6 Å². The summed E-state index contributed by atoms with van der Waals surface area (Å²) in [7, 11) is 0. The van der Waals surface area contributed by atoms with E-state index in [4.69, 9.17) is 16.7 Å². The molecule has 0 unspecified atom stereocenters. The Morgan fingerprint density at radius 3 is 3.00 bits per heavy atom. The average molecular weight is 192 g/mol. The summed E-state index contributed by atoms with van der Waals surface area (Å²) in [5.74, 6) is -0.668. The van der Waals surface area contributed by atoms with Gasteiger partial charge in [-0.2, -0.15) is 0 Å². The number of halogens is 1. The van der Waals surface area contributed by atoms with Crippen LogP contribution in [-0.2, 0) is 0 Å². The number of phenolic OH excluding ortho intramolecular Hbond substituents is 1. The van der Waals surface area contributed by atoms with Gasteiger partial charge in [-0.25, -0.2) is 4.79 Å². The molecule has 1 aromatic carbocycles. The summed E-state index contributed by atoms with van der Waals surface area (Å²) in [5.41, 5.74) is 0.768. The maximum atomic E-state index is 10.7. The first-order chi connectivity index (χ1) is 5.66. The van der Waals surface area contributed by atoms with Crippen molar-refractivity contribution in [3.63, 3.8) is 0 Å². The minimum absolute atomic E-state index is 0.105. The number of hydrogen-bond acceptors (Lipinski definition) is 3. The number of rotatable bonds is 0. The van der Waals surface area contributed by atoms with Crippen LogP contribution in [0.2, 0.25) is 5.02 Å². The van der Waals surface area contributed by atoms with Crippen LogP contribution in [0.3, 0.4) is 0 Å². The number of hydrogen-bond donors (Lipinski definition) is 2. The second-order valence-electron chi connectivity index (χ2n) is 2.31. The highest BCUT2D eigenvalue weighted by molar-refractivity contribution is 6.32. The monoisotopic (exact) mass is 191 g/mol. The van der Waals surface area contributed by atoms with Crippen molar-refractivity contribution in [2.75, 3.05) is 0 Å². The molecule has 4 nitrogen and oxygen atoms in total. The van der Waals surface area contributed by atoms with Crippen LogP contribution in [0.15, 0.2) is 21.3 Å². The predicted molar refractivity (Wildman–Crippen MR) is 43.5 cm³/mol. The van der Waals surface area contributed by atoms with Crippen LogP contribution in [0.4, 0.5) is 0 Å². The molecule has 0 radical (unpaired) electrons. The van der Waals surface area contributed by atoms with E-state index in [0.29, 0.717) is 11.1 Å². The molecule has 0 fully saturated rings. The Hall–Kier alpha value is -1.42. The minimum atomic E-state index is -0.563. The molecule has 0 saturated carbocycles. The van der Waals surface area contributed by atoms with Crippen LogP contribution < -0.4 is 5.76 Å². The fourth-order valence-electron chi connectivity index (χ4n) is 0.960. The fraction of sp³-hybridized carbons (Fsp3) is 0. The molecule has 0 aliphatic carbocycles. The topological polar surface area (TPSA) is 66.2 Å². The van der Waals surface area contributed by atoms with Crippen LogP contribution in [0.5, 0.6) is 5.75 Å². The Labute approximate surface area is 71.4 Å². The first-order valence-corrected chi connectivity index (χ1v) is 3.56. The average Bonchev–Trinajstić information content (AvgIpc) is 2.30. The van der Waals surface area contributed by atoms with Crippen molar-refractivity contribution < 1.29 is 9.52 Å². The van der Waals surface area contributed by atoms with Gasteiger partial charge in [-0.3, -0.25) is 4.98 Å². The van der Waals surface area contributed by atoms with Crippen LogP contribution in [0.1, 0.15) is 0 Å². The van der Waals surface area contributed by atoms with Gasteiger partial charge in [0.05, 0.1) is 10.5 Å². The van der Waals surface area contributed by atoms with E-state index < -0.39 is 5.76 Å². The summed E-state index contributed by atoms with van der Waals surface area (Å²) in [6.45, 7) is 0. The van der Waals surface area contributed by atoms with Crippen molar-refractivity contribution >= 4 is 22.7 Å². The van der Waals surface area contributed by atoms with Gasteiger partial charge in [0.25, 0.3) is 0 Å². The predicted octanol–water partition coefficient (Wildman–Crippen LogP) is 1.48. The normalized spacial score (nSPS) is 10.8. The molecule has 12 heavy (non-hydrogen) atoms. The number of fused-ring (bicyclic) bond motifs is 1. The summed E-state index contributed by atoms with van der Waals surface area (Å²) < 4.78 is 4.67. The number of benzene rings is 1. The zero-order valence-corrected chi connectivity index (χ0v) is 6.55. The maximum absolute atomic E-state index is 10.7. The molecule has 2 aromatic rings. The van der Waals surface area contributed by atoms with Gasteiger partial charge in [0.15, 0.2) is 5.58 Å². The number of nitrogens with one attached hydrogen (secondary N) is 1. The molecular formula is C7H4ClNO3. The van der Waals surface area contributed by atoms with Gasteiger partial charge in [-0.05, 0) is 6.07 Å². The molecule has 0 aliphatic heterocycles. The molecule has 0 aliphatic rings. The molecule has 0 saturated heterocycles. The van der Waals surface area contributed by atoms with E-state index in [-0.39, 0.29) is 10.8 Å². The Morgan fingerprint density at radius 1 is 1.50 bits per heavy atom. The first-order valence-electron chi connectivity index (χ1n) is 3.18. The largest absolute Gasteiger partial charge is 0.506 e. The molecule has 1 heterocycles. The highest BCUT2D eigenvalue weighted by atomic mass is 35.5. The van der Waals surface area contributed by atoms with Crippen molar-refractivity contribution in [1.82, 2.24) is 4.98 Å². The number of aromatic hydroxyl groups is 1. The molecule has 2 rings (SSSR count). The van der Waals surface area contributed by atoms with Crippen molar-refractivity contribution in [2.24, 2.45) is 0 Å². The highest BCUT2D eigenvalue weighted by Crippen LogP contribution is 2.26. The number of H-pyrrole nitrogens is 1. The van der Waals surface area contributed by atoms with Crippen molar-refractivity contribution in [2.45, 2.75) is 0 Å². The standard InChI is InChI=1S/C7H4ClNO3/c8-3-1-4-6(2-5(3)10)12-7(11)9-4/h1-2,10H,(H,9,11)/i1+1,2+1,3+1,4+1,5+1,6+1. The summed E-state index contributed by atoms with van der Waals surface area (Å²) in [6.07, 6.45) is 0. The van der Waals surface area contributed by atoms with Crippen LogP contribution in [0, 0.1) is 0 Å². The second kappa shape index (κ2) is 2.28. The summed E-state index contributed by atoms with van der Waals surface area (Å²) >= 11 is 5.58. The fourth-order valence-corrected chi connectivity index (χ4v) is 1.12. The number of aromatic amines is 1. The molecule has 0 bridgehead atoms. The van der Waals surface area contributed by atoms with Gasteiger partial charge in [0, 0.05) is 6.07 Å². The highest BCUT2D eigenvalue weighted by Gasteiger charge is 2.05. The van der Waals surface area contributed by atoms with E-state index in [0.717, 1.165) is 0 Å². The molecule has 0 atom stereocenters. The lowest BCUT2D eigenvalue weighted by molar-refractivity contribution is 0.474. The van der Waals surface area contributed by atoms with Crippen molar-refractivity contribution in [3.8, 4) is 5.75 Å². The molecule has 0 amide bonds. The van der Waals surface area contributed by atoms with Crippen LogP contribution in [-0.4, -0.2) is 10.1 Å². The number of phenols is 1. The Balaban J connectivity index is 2.92. The Bertz CT molecular complexity index is 443. The summed E-state index contributed by atoms with van der Waals surface area (Å²) in [5, 5.41) is 9.30. The van der Waals surface area contributed by atoms with E-state index in [1.165, 1.54) is 12.1 Å². The second-order valence-corrected chi connectivity index (χ2v) is 2.72. The van der Waals surface area contributed by atoms with Gasteiger partial charge in [0.2, 0.25) is 0 Å². The lowest BCUT2D eigenvalue weighted by atomic mass is 11.3. The van der Waals surface area contributed by atoms with Crippen molar-refractivity contribution in [1.29, 1.82) is 0 Å². The van der Waals surface area contributed by atoms with E-state index in [1.807, 2.05) is 0 Å². The van der Waals surface area contributed by atoms with Gasteiger partial charge in [-0.15, -0.1) is 0 Å². The van der Waals surface area contributed by atoms with Gasteiger partial charge in [0.1, 0.15) is 5.75 Å². The molecule has 0 spiro atoms. The first kappa shape index (κ1) is 7.24. The maximum Gasteiger partial charge on any atom is 0.417 e. The summed E-state index contributed by atoms with van der Waals surface area (Å²) in [6, 6.07) is 2.71. The number of oxazole rings is 1. The van der Waals surface area contributed by atoms with Crippen LogP contribution in [0.25, 0.3) is 11.1 Å². The van der Waals surface area contributed by atoms with E-state index >= 15 is 0 Å².